The molecule has 0 unspecified atom stereocenters. The summed E-state index contributed by atoms with van der Waals surface area (Å²) < 4.78 is 10.0. The molecule has 0 saturated heterocycles. The third kappa shape index (κ3) is 3.00. The van der Waals surface area contributed by atoms with Crippen molar-refractivity contribution in [3.8, 4) is 17.1 Å². The minimum Gasteiger partial charge on any atom is -0.491 e. The SMILES string of the molecule is O=C(O)Nc1nc2ccc(-c3nc4cc(Br)cc5c4n3CCCCO5)cc2s1. The fourth-order valence-corrected chi connectivity index (χ4v) is 4.83. The Balaban J connectivity index is 1.68. The van der Waals surface area contributed by atoms with E-state index in [0.717, 1.165) is 62.2 Å². The normalized spacial score (nSPS) is 13.9. The van der Waals surface area contributed by atoms with Crippen LogP contribution in [0.15, 0.2) is 34.8 Å². The van der Waals surface area contributed by atoms with Crippen molar-refractivity contribution in [2.75, 3.05) is 11.9 Å². The Bertz CT molecular complexity index is 1230. The quantitative estimate of drug-likeness (QED) is 0.423. The van der Waals surface area contributed by atoms with Gasteiger partial charge >= 0.3 is 6.09 Å². The fraction of sp³-hybridized carbons (Fsp3) is 0.211. The lowest BCUT2D eigenvalue weighted by Crippen LogP contribution is -2.08. The average Bonchev–Trinajstić information content (AvgIpc) is 3.18. The van der Waals surface area contributed by atoms with Gasteiger partial charge in [0.2, 0.25) is 0 Å². The van der Waals surface area contributed by atoms with E-state index >= 15 is 0 Å². The van der Waals surface area contributed by atoms with Gasteiger partial charge in [-0.1, -0.05) is 27.3 Å². The molecule has 0 fully saturated rings. The van der Waals surface area contributed by atoms with Crippen LogP contribution in [0.4, 0.5) is 9.93 Å². The summed E-state index contributed by atoms with van der Waals surface area (Å²) in [7, 11) is 0. The number of hydrogen-bond acceptors (Lipinski definition) is 5. The maximum atomic E-state index is 10.9. The highest BCUT2D eigenvalue weighted by atomic mass is 79.9. The van der Waals surface area contributed by atoms with E-state index in [1.807, 2.05) is 30.3 Å². The number of carboxylic acid groups (broad SMARTS) is 1. The van der Waals surface area contributed by atoms with Gasteiger partial charge in [0.1, 0.15) is 17.1 Å². The summed E-state index contributed by atoms with van der Waals surface area (Å²) in [6.45, 7) is 1.58. The molecule has 7 nitrogen and oxygen atoms in total. The Labute approximate surface area is 172 Å². The van der Waals surface area contributed by atoms with Gasteiger partial charge in [0.15, 0.2) is 5.13 Å². The molecule has 5 rings (SSSR count). The van der Waals surface area contributed by atoms with E-state index < -0.39 is 6.09 Å². The topological polar surface area (TPSA) is 89.3 Å². The van der Waals surface area contributed by atoms with Crippen molar-refractivity contribution in [1.29, 1.82) is 0 Å². The summed E-state index contributed by atoms with van der Waals surface area (Å²) in [6.07, 6.45) is 0.890. The van der Waals surface area contributed by atoms with Crippen LogP contribution in [-0.4, -0.2) is 32.3 Å². The minimum absolute atomic E-state index is 0.363. The van der Waals surface area contributed by atoms with Crippen LogP contribution in [0.25, 0.3) is 32.6 Å². The molecule has 2 aromatic carbocycles. The minimum atomic E-state index is -1.12. The van der Waals surface area contributed by atoms with Gasteiger partial charge in [0.05, 0.1) is 22.3 Å². The predicted octanol–water partition coefficient (Wildman–Crippen LogP) is 5.34. The van der Waals surface area contributed by atoms with Gasteiger partial charge in [-0.25, -0.2) is 14.8 Å². The third-order valence-corrected chi connectivity index (χ3v) is 6.06. The number of benzene rings is 2. The van der Waals surface area contributed by atoms with E-state index in [0.29, 0.717) is 11.7 Å². The van der Waals surface area contributed by atoms with Crippen LogP contribution in [0.2, 0.25) is 0 Å². The average molecular weight is 459 g/mol. The highest BCUT2D eigenvalue weighted by molar-refractivity contribution is 9.10. The fourth-order valence-electron chi connectivity index (χ4n) is 3.51. The summed E-state index contributed by atoms with van der Waals surface area (Å²) in [5.41, 5.74) is 3.62. The van der Waals surface area contributed by atoms with Gasteiger partial charge in [-0.05, 0) is 43.2 Å². The molecule has 28 heavy (non-hydrogen) atoms. The number of halogens is 1. The number of aryl methyl sites for hydroxylation is 1. The molecular weight excluding hydrogens is 444 g/mol. The largest absolute Gasteiger partial charge is 0.491 e. The number of thiazole rings is 1. The van der Waals surface area contributed by atoms with Crippen molar-refractivity contribution in [1.82, 2.24) is 14.5 Å². The zero-order valence-electron chi connectivity index (χ0n) is 14.6. The molecule has 3 heterocycles. The van der Waals surface area contributed by atoms with E-state index in [-0.39, 0.29) is 0 Å². The van der Waals surface area contributed by atoms with Crippen molar-refractivity contribution >= 4 is 59.7 Å². The molecule has 1 amide bonds. The maximum Gasteiger partial charge on any atom is 0.410 e. The lowest BCUT2D eigenvalue weighted by molar-refractivity contribution is 0.209. The van der Waals surface area contributed by atoms with E-state index in [4.69, 9.17) is 14.8 Å². The van der Waals surface area contributed by atoms with Gasteiger partial charge < -0.3 is 14.4 Å². The zero-order valence-corrected chi connectivity index (χ0v) is 17.0. The first-order valence-corrected chi connectivity index (χ1v) is 10.4. The first-order valence-electron chi connectivity index (χ1n) is 8.82. The smallest absolute Gasteiger partial charge is 0.410 e. The second-order valence-corrected chi connectivity index (χ2v) is 8.49. The second-order valence-electron chi connectivity index (χ2n) is 6.55. The molecule has 0 radical (unpaired) electrons. The molecule has 0 atom stereocenters. The number of anilines is 1. The number of aromatic nitrogens is 3. The van der Waals surface area contributed by atoms with Gasteiger partial charge in [-0.3, -0.25) is 5.32 Å². The number of imidazole rings is 1. The van der Waals surface area contributed by atoms with Gasteiger partial charge in [0.25, 0.3) is 0 Å². The van der Waals surface area contributed by atoms with Crippen molar-refractivity contribution in [2.24, 2.45) is 0 Å². The van der Waals surface area contributed by atoms with Crippen molar-refractivity contribution in [3.05, 3.63) is 34.8 Å². The van der Waals surface area contributed by atoms with Gasteiger partial charge in [-0.2, -0.15) is 0 Å². The Morgan fingerprint density at radius 1 is 1.21 bits per heavy atom. The lowest BCUT2D eigenvalue weighted by atomic mass is 10.2. The number of amides is 1. The first kappa shape index (κ1) is 17.4. The number of carbonyl (C=O) groups is 1. The summed E-state index contributed by atoms with van der Waals surface area (Å²) in [5, 5.41) is 11.6. The highest BCUT2D eigenvalue weighted by Crippen LogP contribution is 2.37. The number of nitrogens with zero attached hydrogens (tertiary/aromatic N) is 3. The van der Waals surface area contributed by atoms with Gasteiger partial charge in [-0.15, -0.1) is 0 Å². The summed E-state index contributed by atoms with van der Waals surface area (Å²) in [6, 6.07) is 9.89. The third-order valence-electron chi connectivity index (χ3n) is 4.67. The number of fused-ring (bicyclic) bond motifs is 1. The summed E-state index contributed by atoms with van der Waals surface area (Å²) in [4.78, 5) is 20.1. The van der Waals surface area contributed by atoms with E-state index in [1.54, 1.807) is 0 Å². The van der Waals surface area contributed by atoms with Gasteiger partial charge in [0, 0.05) is 16.6 Å². The van der Waals surface area contributed by atoms with Crippen LogP contribution < -0.4 is 10.1 Å². The molecule has 1 aliphatic heterocycles. The van der Waals surface area contributed by atoms with Crippen molar-refractivity contribution in [2.45, 2.75) is 19.4 Å². The molecule has 2 aromatic heterocycles. The van der Waals surface area contributed by atoms with Crippen LogP contribution in [-0.2, 0) is 6.54 Å². The molecular formula is C19H15BrN4O3S. The number of rotatable bonds is 2. The number of ether oxygens (including phenoxy) is 1. The molecule has 2 N–H and O–H groups in total. The molecule has 4 aromatic rings. The van der Waals surface area contributed by atoms with E-state index in [2.05, 4.69) is 30.8 Å². The van der Waals surface area contributed by atoms with Crippen LogP contribution >= 0.6 is 27.3 Å². The number of nitrogens with one attached hydrogen (secondary N) is 1. The maximum absolute atomic E-state index is 10.9. The molecule has 0 aliphatic carbocycles. The van der Waals surface area contributed by atoms with E-state index in [9.17, 15) is 4.79 Å². The lowest BCUT2D eigenvalue weighted by Gasteiger charge is -2.16. The zero-order chi connectivity index (χ0) is 19.3. The Morgan fingerprint density at radius 3 is 2.96 bits per heavy atom. The molecule has 0 spiro atoms. The predicted molar refractivity (Wildman–Crippen MR) is 112 cm³/mol. The van der Waals surface area contributed by atoms with Crippen LogP contribution in [0, 0.1) is 0 Å². The molecule has 0 bridgehead atoms. The first-order chi connectivity index (χ1) is 13.6. The van der Waals surface area contributed by atoms with Crippen molar-refractivity contribution in [3.63, 3.8) is 0 Å². The molecule has 0 saturated carbocycles. The van der Waals surface area contributed by atoms with Crippen LogP contribution in [0.3, 0.4) is 0 Å². The Morgan fingerprint density at radius 2 is 2.11 bits per heavy atom. The summed E-state index contributed by atoms with van der Waals surface area (Å²) >= 11 is 4.86. The standard InChI is InChI=1S/C19H15BrN4O3S/c20-11-8-13-16-14(9-11)27-6-2-1-5-24(16)17(21-13)10-3-4-12-15(7-10)28-18(22-12)23-19(25)26/h3-4,7-9H,1-2,5-6H2,(H,22,23)(H,25,26). The molecule has 9 heteroatoms. The molecule has 1 aliphatic rings. The number of hydrogen-bond donors (Lipinski definition) is 2. The van der Waals surface area contributed by atoms with Crippen LogP contribution in [0.5, 0.6) is 5.75 Å². The van der Waals surface area contributed by atoms with E-state index in [1.165, 1.54) is 11.3 Å². The highest BCUT2D eigenvalue weighted by Gasteiger charge is 2.19. The Hall–Kier alpha value is -2.65. The second kappa shape index (κ2) is 6.75. The monoisotopic (exact) mass is 458 g/mol. The van der Waals surface area contributed by atoms with Crippen molar-refractivity contribution < 1.29 is 14.6 Å². The summed E-state index contributed by atoms with van der Waals surface area (Å²) in [5.74, 6) is 1.72. The van der Waals surface area contributed by atoms with Crippen LogP contribution in [0.1, 0.15) is 12.8 Å². The Kier molecular flexibility index (Phi) is 4.21. The molecule has 142 valence electrons.